The van der Waals surface area contributed by atoms with Gasteiger partial charge in [0.1, 0.15) is 0 Å². The third kappa shape index (κ3) is 3.47. The van der Waals surface area contributed by atoms with E-state index in [0.29, 0.717) is 5.02 Å². The molecule has 0 spiro atoms. The summed E-state index contributed by atoms with van der Waals surface area (Å²) in [5, 5.41) is 0.714. The van der Waals surface area contributed by atoms with Gasteiger partial charge < -0.3 is 0 Å². The van der Waals surface area contributed by atoms with Crippen molar-refractivity contribution >= 4 is 11.6 Å². The maximum absolute atomic E-state index is 6.21. The molecule has 4 rings (SSSR count). The molecule has 1 aromatic heterocycles. The van der Waals surface area contributed by atoms with E-state index in [9.17, 15) is 0 Å². The first-order valence-electron chi connectivity index (χ1n) is 8.14. The molecule has 4 aromatic rings. The van der Waals surface area contributed by atoms with Crippen molar-refractivity contribution in [3.63, 3.8) is 0 Å². The second-order valence-electron chi connectivity index (χ2n) is 5.81. The third-order valence-corrected chi connectivity index (χ3v) is 4.34. The highest BCUT2D eigenvalue weighted by atomic mass is 35.5. The van der Waals surface area contributed by atoms with Crippen LogP contribution in [0.2, 0.25) is 5.02 Å². The smallest absolute Gasteiger partial charge is 0.207 e. The predicted molar refractivity (Wildman–Crippen MR) is 104 cm³/mol. The standard InChI is InChI=1S/C23H16ClO/c24-21-13-11-19(12-14-21)23-16-20(17-7-3-1-4-8-17)15-22(25-23)18-9-5-2-6-10-18/h1-16H/q+1. The van der Waals surface area contributed by atoms with E-state index in [0.717, 1.165) is 33.8 Å². The zero-order valence-corrected chi connectivity index (χ0v) is 14.3. The molecule has 0 amide bonds. The van der Waals surface area contributed by atoms with Gasteiger partial charge in [0, 0.05) is 10.6 Å². The molecule has 0 fully saturated rings. The van der Waals surface area contributed by atoms with E-state index in [1.807, 2.05) is 60.7 Å². The lowest BCUT2D eigenvalue weighted by molar-refractivity contribution is 0.582. The fraction of sp³-hybridized carbons (Fsp3) is 0. The quantitative estimate of drug-likeness (QED) is 0.357. The molecule has 120 valence electrons. The maximum atomic E-state index is 6.21. The van der Waals surface area contributed by atoms with Crippen LogP contribution in [0.1, 0.15) is 0 Å². The van der Waals surface area contributed by atoms with Gasteiger partial charge in [-0.15, -0.1) is 0 Å². The molecule has 0 aliphatic rings. The molecule has 0 bridgehead atoms. The number of hydrogen-bond donors (Lipinski definition) is 0. The van der Waals surface area contributed by atoms with Gasteiger partial charge in [-0.05, 0) is 42.0 Å². The molecule has 2 heteroatoms. The second-order valence-corrected chi connectivity index (χ2v) is 6.25. The van der Waals surface area contributed by atoms with E-state index in [-0.39, 0.29) is 0 Å². The summed E-state index contributed by atoms with van der Waals surface area (Å²) in [6.45, 7) is 0. The van der Waals surface area contributed by atoms with Gasteiger partial charge in [-0.2, -0.15) is 0 Å². The van der Waals surface area contributed by atoms with E-state index in [2.05, 4.69) is 36.4 Å². The molecule has 3 aromatic carbocycles. The van der Waals surface area contributed by atoms with E-state index < -0.39 is 0 Å². The highest BCUT2D eigenvalue weighted by molar-refractivity contribution is 6.30. The van der Waals surface area contributed by atoms with Crippen molar-refractivity contribution in [3.8, 4) is 33.8 Å². The summed E-state index contributed by atoms with van der Waals surface area (Å²) in [6.07, 6.45) is 0. The van der Waals surface area contributed by atoms with Crippen LogP contribution in [-0.2, 0) is 0 Å². The lowest BCUT2D eigenvalue weighted by Crippen LogP contribution is -1.86. The number of halogens is 1. The molecule has 0 radical (unpaired) electrons. The number of rotatable bonds is 3. The van der Waals surface area contributed by atoms with Crippen LogP contribution in [0.4, 0.5) is 0 Å². The fourth-order valence-corrected chi connectivity index (χ4v) is 2.93. The summed E-state index contributed by atoms with van der Waals surface area (Å²) in [7, 11) is 0. The molecular weight excluding hydrogens is 328 g/mol. The Morgan fingerprint density at radius 1 is 0.480 bits per heavy atom. The van der Waals surface area contributed by atoms with E-state index in [1.165, 1.54) is 0 Å². The highest BCUT2D eigenvalue weighted by Crippen LogP contribution is 2.33. The first kappa shape index (κ1) is 15.6. The van der Waals surface area contributed by atoms with Crippen molar-refractivity contribution in [2.45, 2.75) is 0 Å². The topological polar surface area (TPSA) is 11.3 Å². The Balaban J connectivity index is 1.90. The van der Waals surface area contributed by atoms with Crippen molar-refractivity contribution in [1.29, 1.82) is 0 Å². The van der Waals surface area contributed by atoms with Crippen LogP contribution in [-0.4, -0.2) is 0 Å². The van der Waals surface area contributed by atoms with Gasteiger partial charge in [0.2, 0.25) is 0 Å². The first-order chi connectivity index (χ1) is 12.3. The highest BCUT2D eigenvalue weighted by Gasteiger charge is 2.20. The second kappa shape index (κ2) is 6.92. The van der Waals surface area contributed by atoms with Crippen molar-refractivity contribution in [2.24, 2.45) is 0 Å². The van der Waals surface area contributed by atoms with Crippen LogP contribution in [0.25, 0.3) is 33.8 Å². The van der Waals surface area contributed by atoms with Gasteiger partial charge in [-0.1, -0.05) is 60.1 Å². The van der Waals surface area contributed by atoms with Crippen LogP contribution in [0.15, 0.2) is 101 Å². The molecule has 0 saturated heterocycles. The Morgan fingerprint density at radius 3 is 1.52 bits per heavy atom. The van der Waals surface area contributed by atoms with Crippen molar-refractivity contribution in [2.75, 3.05) is 0 Å². The molecule has 1 heterocycles. The molecule has 0 aliphatic carbocycles. The van der Waals surface area contributed by atoms with Crippen LogP contribution in [0, 0.1) is 0 Å². The van der Waals surface area contributed by atoms with Gasteiger partial charge in [0.25, 0.3) is 0 Å². The molecule has 25 heavy (non-hydrogen) atoms. The zero-order chi connectivity index (χ0) is 17.1. The Bertz CT molecular complexity index is 920. The van der Waals surface area contributed by atoms with Gasteiger partial charge in [-0.3, -0.25) is 0 Å². The lowest BCUT2D eigenvalue weighted by atomic mass is 10.0. The summed E-state index contributed by atoms with van der Waals surface area (Å²) in [6, 6.07) is 32.3. The Kier molecular flexibility index (Phi) is 4.32. The van der Waals surface area contributed by atoms with E-state index in [4.69, 9.17) is 16.0 Å². The minimum absolute atomic E-state index is 0.714. The first-order valence-corrected chi connectivity index (χ1v) is 8.52. The molecule has 0 saturated carbocycles. The summed E-state index contributed by atoms with van der Waals surface area (Å²) in [5.74, 6) is 1.66. The monoisotopic (exact) mass is 343 g/mol. The predicted octanol–water partition coefficient (Wildman–Crippen LogP) is 7.22. The van der Waals surface area contributed by atoms with E-state index >= 15 is 0 Å². The summed E-state index contributed by atoms with van der Waals surface area (Å²) < 4.78 is 6.21. The summed E-state index contributed by atoms with van der Waals surface area (Å²) in [4.78, 5) is 0. The van der Waals surface area contributed by atoms with Gasteiger partial charge in [0.15, 0.2) is 0 Å². The van der Waals surface area contributed by atoms with Crippen LogP contribution in [0.3, 0.4) is 0 Å². The average Bonchev–Trinajstić information content (AvgIpc) is 2.69. The summed E-state index contributed by atoms with van der Waals surface area (Å²) >= 11 is 6.02. The molecular formula is C23H16ClO+. The molecule has 1 nitrogen and oxygen atoms in total. The van der Waals surface area contributed by atoms with Crippen molar-refractivity contribution in [1.82, 2.24) is 0 Å². The maximum Gasteiger partial charge on any atom is 0.361 e. The molecule has 0 aliphatic heterocycles. The normalized spacial score (nSPS) is 10.6. The summed E-state index contributed by atoms with van der Waals surface area (Å²) in [5.41, 5.74) is 4.33. The minimum Gasteiger partial charge on any atom is -0.207 e. The Morgan fingerprint density at radius 2 is 0.960 bits per heavy atom. The minimum atomic E-state index is 0.714. The third-order valence-electron chi connectivity index (χ3n) is 4.09. The molecule has 0 atom stereocenters. The van der Waals surface area contributed by atoms with Crippen LogP contribution in [0.5, 0.6) is 0 Å². The fourth-order valence-electron chi connectivity index (χ4n) is 2.80. The largest absolute Gasteiger partial charge is 0.361 e. The number of benzene rings is 3. The van der Waals surface area contributed by atoms with Crippen LogP contribution < -0.4 is 0 Å². The SMILES string of the molecule is Clc1ccc(-c2cc(-c3ccccc3)cc(-c3ccccc3)[o+]2)cc1. The zero-order valence-electron chi connectivity index (χ0n) is 13.5. The average molecular weight is 344 g/mol. The van der Waals surface area contributed by atoms with Gasteiger partial charge >= 0.3 is 11.5 Å². The Hall–Kier alpha value is -2.90. The van der Waals surface area contributed by atoms with E-state index in [1.54, 1.807) is 0 Å². The van der Waals surface area contributed by atoms with Crippen molar-refractivity contribution < 1.29 is 4.42 Å². The van der Waals surface area contributed by atoms with Crippen LogP contribution >= 0.6 is 11.6 Å². The van der Waals surface area contributed by atoms with Gasteiger partial charge in [-0.25, -0.2) is 4.42 Å². The lowest BCUT2D eigenvalue weighted by Gasteiger charge is -2.02. The van der Waals surface area contributed by atoms with Crippen molar-refractivity contribution in [3.05, 3.63) is 102 Å². The molecule has 0 N–H and O–H groups in total. The Labute approximate surface area is 152 Å². The van der Waals surface area contributed by atoms with Gasteiger partial charge in [0.05, 0.1) is 23.3 Å². The number of hydrogen-bond acceptors (Lipinski definition) is 0. The molecule has 0 unspecified atom stereocenters.